The minimum Gasteiger partial charge on any atom is -0.307 e. The summed E-state index contributed by atoms with van der Waals surface area (Å²) in [7, 11) is 0. The summed E-state index contributed by atoms with van der Waals surface area (Å²) in [6.07, 6.45) is 0. The Labute approximate surface area is 163 Å². The summed E-state index contributed by atoms with van der Waals surface area (Å²) in [5.41, 5.74) is 4.02. The van der Waals surface area contributed by atoms with Crippen molar-refractivity contribution in [2.24, 2.45) is 0 Å². The summed E-state index contributed by atoms with van der Waals surface area (Å²) >= 11 is 0. The number of benzene rings is 3. The Balaban J connectivity index is 1.35. The van der Waals surface area contributed by atoms with E-state index < -0.39 is 0 Å². The third kappa shape index (κ3) is 3.06. The predicted molar refractivity (Wildman–Crippen MR) is 110 cm³/mol. The van der Waals surface area contributed by atoms with Crippen LogP contribution >= 0.6 is 0 Å². The van der Waals surface area contributed by atoms with Crippen LogP contribution in [0.15, 0.2) is 72.8 Å². The van der Waals surface area contributed by atoms with Gasteiger partial charge in [0, 0.05) is 30.8 Å². The van der Waals surface area contributed by atoms with Crippen LogP contribution in [0.3, 0.4) is 0 Å². The molecule has 4 aromatic rings. The summed E-state index contributed by atoms with van der Waals surface area (Å²) < 4.78 is 0. The number of aromatic amines is 1. The molecule has 0 saturated heterocycles. The van der Waals surface area contributed by atoms with Crippen LogP contribution in [-0.4, -0.2) is 21.0 Å². The monoisotopic (exact) mass is 368 g/mol. The first-order valence-corrected chi connectivity index (χ1v) is 9.39. The van der Waals surface area contributed by atoms with Gasteiger partial charge in [-0.1, -0.05) is 66.7 Å². The van der Waals surface area contributed by atoms with E-state index in [9.17, 15) is 4.79 Å². The highest BCUT2D eigenvalue weighted by Crippen LogP contribution is 2.29. The van der Waals surface area contributed by atoms with E-state index in [-0.39, 0.29) is 5.91 Å². The number of carbonyl (C=O) groups is 1. The van der Waals surface area contributed by atoms with Crippen LogP contribution in [0.4, 0.5) is 5.82 Å². The largest absolute Gasteiger partial charge is 0.307 e. The van der Waals surface area contributed by atoms with Crippen LogP contribution in [0.25, 0.3) is 10.8 Å². The van der Waals surface area contributed by atoms with Gasteiger partial charge in [0.2, 0.25) is 0 Å². The van der Waals surface area contributed by atoms with Crippen molar-refractivity contribution in [3.63, 3.8) is 0 Å². The number of nitrogens with zero attached hydrogens (tertiary/aromatic N) is 2. The topological polar surface area (TPSA) is 61.0 Å². The zero-order valence-electron chi connectivity index (χ0n) is 15.4. The Morgan fingerprint density at radius 1 is 0.964 bits per heavy atom. The molecule has 0 spiro atoms. The first kappa shape index (κ1) is 16.7. The quantitative estimate of drug-likeness (QED) is 0.564. The third-order valence-electron chi connectivity index (χ3n) is 5.23. The third-order valence-corrected chi connectivity index (χ3v) is 5.23. The van der Waals surface area contributed by atoms with Gasteiger partial charge in [-0.3, -0.25) is 14.8 Å². The van der Waals surface area contributed by atoms with Crippen molar-refractivity contribution in [2.45, 2.75) is 19.6 Å². The molecule has 0 unspecified atom stereocenters. The fraction of sp³-hybridized carbons (Fsp3) is 0.130. The minimum atomic E-state index is -0.121. The molecule has 0 aliphatic carbocycles. The van der Waals surface area contributed by atoms with Gasteiger partial charge in [-0.05, 0) is 22.4 Å². The Bertz CT molecular complexity index is 1140. The van der Waals surface area contributed by atoms with Gasteiger partial charge in [-0.25, -0.2) is 0 Å². The number of H-pyrrole nitrogens is 1. The van der Waals surface area contributed by atoms with Gasteiger partial charge in [0.15, 0.2) is 0 Å². The Morgan fingerprint density at radius 2 is 1.75 bits per heavy atom. The second-order valence-electron chi connectivity index (χ2n) is 7.14. The number of hydrogen-bond acceptors (Lipinski definition) is 3. The Hall–Kier alpha value is -3.44. The van der Waals surface area contributed by atoms with E-state index in [0.29, 0.717) is 11.4 Å². The summed E-state index contributed by atoms with van der Waals surface area (Å²) in [4.78, 5) is 15.3. The van der Waals surface area contributed by atoms with E-state index in [1.807, 2.05) is 48.5 Å². The van der Waals surface area contributed by atoms with Crippen LogP contribution in [0, 0.1) is 0 Å². The lowest BCUT2D eigenvalue weighted by Gasteiger charge is -2.15. The summed E-state index contributed by atoms with van der Waals surface area (Å²) in [6.45, 7) is 2.42. The Morgan fingerprint density at radius 3 is 2.64 bits per heavy atom. The molecule has 1 aromatic heterocycles. The smallest absolute Gasteiger partial charge is 0.257 e. The van der Waals surface area contributed by atoms with Crippen LogP contribution in [0.1, 0.15) is 27.2 Å². The molecular formula is C23H20N4O. The normalized spacial score (nSPS) is 13.6. The highest BCUT2D eigenvalue weighted by Gasteiger charge is 2.26. The molecule has 0 radical (unpaired) electrons. The first-order valence-electron chi connectivity index (χ1n) is 9.39. The van der Waals surface area contributed by atoms with Crippen molar-refractivity contribution < 1.29 is 4.79 Å². The molecular weight excluding hydrogens is 348 g/mol. The van der Waals surface area contributed by atoms with Crippen molar-refractivity contribution in [3.8, 4) is 0 Å². The summed E-state index contributed by atoms with van der Waals surface area (Å²) in [5, 5.41) is 12.5. The number of carbonyl (C=O) groups excluding carboxylic acids is 1. The van der Waals surface area contributed by atoms with Crippen LogP contribution in [0.5, 0.6) is 0 Å². The number of aromatic nitrogens is 2. The molecule has 0 fully saturated rings. The second-order valence-corrected chi connectivity index (χ2v) is 7.14. The molecule has 3 aromatic carbocycles. The van der Waals surface area contributed by atoms with Crippen molar-refractivity contribution in [1.82, 2.24) is 15.1 Å². The maximum atomic E-state index is 12.9. The van der Waals surface area contributed by atoms with Crippen LogP contribution < -0.4 is 5.32 Å². The van der Waals surface area contributed by atoms with Crippen molar-refractivity contribution in [1.29, 1.82) is 0 Å². The molecule has 28 heavy (non-hydrogen) atoms. The van der Waals surface area contributed by atoms with Gasteiger partial charge < -0.3 is 5.32 Å². The maximum Gasteiger partial charge on any atom is 0.257 e. The molecule has 5 nitrogen and oxygen atoms in total. The molecule has 138 valence electrons. The molecule has 0 saturated carbocycles. The second kappa shape index (κ2) is 6.94. The van der Waals surface area contributed by atoms with Crippen LogP contribution in [-0.2, 0) is 19.6 Å². The molecule has 2 heterocycles. The minimum absolute atomic E-state index is 0.121. The van der Waals surface area contributed by atoms with Crippen molar-refractivity contribution in [2.75, 3.05) is 5.32 Å². The van der Waals surface area contributed by atoms with Gasteiger partial charge in [0.1, 0.15) is 5.82 Å². The van der Waals surface area contributed by atoms with Gasteiger partial charge in [0.25, 0.3) is 5.91 Å². The lowest BCUT2D eigenvalue weighted by atomic mass is 10.0. The Kier molecular flexibility index (Phi) is 4.14. The summed E-state index contributed by atoms with van der Waals surface area (Å²) in [6, 6.07) is 24.1. The molecule has 1 aliphatic rings. The average molecular weight is 368 g/mol. The number of amides is 1. The average Bonchev–Trinajstić information content (AvgIpc) is 3.29. The predicted octanol–water partition coefficient (Wildman–Crippen LogP) is 4.33. The van der Waals surface area contributed by atoms with E-state index in [1.54, 1.807) is 0 Å². The van der Waals surface area contributed by atoms with Crippen molar-refractivity contribution in [3.05, 3.63) is 95.2 Å². The van der Waals surface area contributed by atoms with E-state index in [4.69, 9.17) is 0 Å². The fourth-order valence-corrected chi connectivity index (χ4v) is 3.86. The number of rotatable bonds is 4. The lowest BCUT2D eigenvalue weighted by Crippen LogP contribution is -2.18. The zero-order valence-corrected chi connectivity index (χ0v) is 15.4. The first-order chi connectivity index (χ1) is 13.8. The zero-order chi connectivity index (χ0) is 18.9. The molecule has 1 amide bonds. The summed E-state index contributed by atoms with van der Waals surface area (Å²) in [5.74, 6) is 0.577. The van der Waals surface area contributed by atoms with Crippen LogP contribution in [0.2, 0.25) is 0 Å². The number of nitrogens with one attached hydrogen (secondary N) is 2. The molecule has 0 atom stereocenters. The van der Waals surface area contributed by atoms with Crippen molar-refractivity contribution >= 4 is 22.5 Å². The van der Waals surface area contributed by atoms with Gasteiger partial charge >= 0.3 is 0 Å². The SMILES string of the molecule is O=C(Nc1[nH]nc2c1CN(Cc1ccccc1)C2)c1cccc2ccccc12. The van der Waals surface area contributed by atoms with E-state index in [0.717, 1.165) is 41.7 Å². The molecule has 5 heteroatoms. The molecule has 0 bridgehead atoms. The number of hydrogen-bond donors (Lipinski definition) is 2. The lowest BCUT2D eigenvalue weighted by molar-refractivity contribution is 0.102. The number of anilines is 1. The number of fused-ring (bicyclic) bond motifs is 2. The highest BCUT2D eigenvalue weighted by molar-refractivity contribution is 6.12. The molecule has 2 N–H and O–H groups in total. The van der Waals surface area contributed by atoms with Gasteiger partial charge in [-0.2, -0.15) is 5.10 Å². The van der Waals surface area contributed by atoms with E-state index in [1.165, 1.54) is 5.56 Å². The van der Waals surface area contributed by atoms with Gasteiger partial charge in [0.05, 0.1) is 5.69 Å². The maximum absolute atomic E-state index is 12.9. The van der Waals surface area contributed by atoms with E-state index in [2.05, 4.69) is 44.7 Å². The fourth-order valence-electron chi connectivity index (χ4n) is 3.86. The van der Waals surface area contributed by atoms with Gasteiger partial charge in [-0.15, -0.1) is 0 Å². The molecule has 1 aliphatic heterocycles. The highest BCUT2D eigenvalue weighted by atomic mass is 16.1. The standard InChI is InChI=1S/C23H20N4O/c28-23(19-12-6-10-17-9-4-5-11-18(17)19)24-22-20-14-27(15-21(20)25-26-22)13-16-7-2-1-3-8-16/h1-12H,13-15H2,(H2,24,25,26,28). The molecule has 5 rings (SSSR count). The van der Waals surface area contributed by atoms with E-state index >= 15 is 0 Å².